The third-order valence-electron chi connectivity index (χ3n) is 2.85. The van der Waals surface area contributed by atoms with Crippen LogP contribution < -0.4 is 4.90 Å². The van der Waals surface area contributed by atoms with E-state index >= 15 is 0 Å². The second kappa shape index (κ2) is 5.05. The van der Waals surface area contributed by atoms with Gasteiger partial charge in [0.2, 0.25) is 0 Å². The van der Waals surface area contributed by atoms with Crippen LogP contribution in [-0.4, -0.2) is 42.8 Å². The fraction of sp³-hybridized carbons (Fsp3) is 0.417. The Bertz CT molecular complexity index is 390. The molecule has 0 unspecified atom stereocenters. The summed E-state index contributed by atoms with van der Waals surface area (Å²) in [6.07, 6.45) is 0.671. The number of benzene rings is 1. The summed E-state index contributed by atoms with van der Waals surface area (Å²) in [5.74, 6) is -0.0859. The summed E-state index contributed by atoms with van der Waals surface area (Å²) in [5, 5.41) is 19.5. The molecule has 2 rings (SSSR count). The van der Waals surface area contributed by atoms with Gasteiger partial charge in [-0.05, 0) is 0 Å². The van der Waals surface area contributed by atoms with Gasteiger partial charge in [-0.15, -0.1) is 0 Å². The first-order valence-electron chi connectivity index (χ1n) is 5.53. The van der Waals surface area contributed by atoms with Crippen LogP contribution >= 0.6 is 0 Å². The van der Waals surface area contributed by atoms with Crippen molar-refractivity contribution in [1.29, 1.82) is 0 Å². The fourth-order valence-corrected chi connectivity index (χ4v) is 1.92. The van der Waals surface area contributed by atoms with Crippen LogP contribution in [0.3, 0.4) is 0 Å². The normalized spacial score (nSPS) is 15.9. The zero-order valence-electron chi connectivity index (χ0n) is 9.43. The number of nitrogens with zero attached hydrogens (tertiary/aromatic N) is 1. The highest BCUT2D eigenvalue weighted by molar-refractivity contribution is 5.65. The summed E-state index contributed by atoms with van der Waals surface area (Å²) in [6.45, 7) is 2.73. The predicted octanol–water partition coefficient (Wildman–Crippen LogP) is 0.676. The second-order valence-corrected chi connectivity index (χ2v) is 3.93. The molecule has 1 fully saturated rings. The highest BCUT2D eigenvalue weighted by atomic mass is 16.5. The van der Waals surface area contributed by atoms with Crippen molar-refractivity contribution in [2.75, 3.05) is 31.2 Å². The molecule has 1 aromatic carbocycles. The molecule has 0 radical (unpaired) electrons. The summed E-state index contributed by atoms with van der Waals surface area (Å²) in [5.41, 5.74) is 1.02. The molecule has 0 bridgehead atoms. The van der Waals surface area contributed by atoms with Crippen LogP contribution in [0, 0.1) is 0 Å². The number of aldehydes is 1. The molecule has 5 heteroatoms. The van der Waals surface area contributed by atoms with Crippen LogP contribution in [-0.2, 0) is 16.0 Å². The van der Waals surface area contributed by atoms with Crippen LogP contribution in [0.25, 0.3) is 0 Å². The van der Waals surface area contributed by atoms with Gasteiger partial charge in [0.25, 0.3) is 0 Å². The molecule has 0 amide bonds. The second-order valence-electron chi connectivity index (χ2n) is 3.93. The maximum Gasteiger partial charge on any atom is 0.124 e. The van der Waals surface area contributed by atoms with Crippen molar-refractivity contribution in [3.05, 3.63) is 17.7 Å². The molecule has 0 aliphatic carbocycles. The average Bonchev–Trinajstić information content (AvgIpc) is 2.35. The van der Waals surface area contributed by atoms with E-state index in [-0.39, 0.29) is 23.5 Å². The number of phenolic OH excluding ortho intramolecular Hbond substituents is 2. The number of rotatable bonds is 3. The smallest absolute Gasteiger partial charge is 0.124 e. The summed E-state index contributed by atoms with van der Waals surface area (Å²) < 4.78 is 5.23. The molecule has 1 saturated heterocycles. The Morgan fingerprint density at radius 1 is 1.24 bits per heavy atom. The van der Waals surface area contributed by atoms with E-state index in [1.807, 2.05) is 4.90 Å². The largest absolute Gasteiger partial charge is 0.507 e. The summed E-state index contributed by atoms with van der Waals surface area (Å²) in [4.78, 5) is 12.4. The first kappa shape index (κ1) is 11.7. The van der Waals surface area contributed by atoms with Crippen molar-refractivity contribution in [2.45, 2.75) is 6.42 Å². The fourth-order valence-electron chi connectivity index (χ4n) is 1.92. The SMILES string of the molecule is O=CCc1c(O)cc(N2CCOCC2)cc1O. The molecule has 0 spiro atoms. The van der Waals surface area contributed by atoms with E-state index in [0.29, 0.717) is 19.5 Å². The lowest BCUT2D eigenvalue weighted by atomic mass is 10.1. The van der Waals surface area contributed by atoms with Crippen molar-refractivity contribution < 1.29 is 19.7 Å². The number of carbonyl (C=O) groups is 1. The molecule has 1 aliphatic heterocycles. The standard InChI is InChI=1S/C12H15NO4/c14-4-1-10-11(15)7-9(8-12(10)16)13-2-5-17-6-3-13/h4,7-8,15-16H,1-3,5-6H2. The van der Waals surface area contributed by atoms with Crippen molar-refractivity contribution >= 4 is 12.0 Å². The molecule has 1 heterocycles. The highest BCUT2D eigenvalue weighted by Gasteiger charge is 2.15. The van der Waals surface area contributed by atoms with E-state index in [0.717, 1.165) is 18.8 Å². The van der Waals surface area contributed by atoms with Gasteiger partial charge in [0.15, 0.2) is 0 Å². The lowest BCUT2D eigenvalue weighted by Crippen LogP contribution is -2.36. The van der Waals surface area contributed by atoms with Crippen molar-refractivity contribution in [1.82, 2.24) is 0 Å². The summed E-state index contributed by atoms with van der Waals surface area (Å²) >= 11 is 0. The van der Waals surface area contributed by atoms with Gasteiger partial charge in [-0.3, -0.25) is 0 Å². The van der Waals surface area contributed by atoms with Crippen LogP contribution in [0.2, 0.25) is 0 Å². The van der Waals surface area contributed by atoms with Crippen molar-refractivity contribution in [2.24, 2.45) is 0 Å². The lowest BCUT2D eigenvalue weighted by Gasteiger charge is -2.29. The molecule has 17 heavy (non-hydrogen) atoms. The predicted molar refractivity (Wildman–Crippen MR) is 62.6 cm³/mol. The van der Waals surface area contributed by atoms with Gasteiger partial charge in [0, 0.05) is 42.9 Å². The topological polar surface area (TPSA) is 70.0 Å². The maximum atomic E-state index is 10.4. The molecule has 0 saturated carbocycles. The third-order valence-corrected chi connectivity index (χ3v) is 2.85. The minimum atomic E-state index is -0.0430. The zero-order chi connectivity index (χ0) is 12.3. The Hall–Kier alpha value is -1.75. The highest BCUT2D eigenvalue weighted by Crippen LogP contribution is 2.33. The Labute approximate surface area is 99.2 Å². The number of anilines is 1. The van der Waals surface area contributed by atoms with Crippen LogP contribution in [0.4, 0.5) is 5.69 Å². The van der Waals surface area contributed by atoms with E-state index in [9.17, 15) is 15.0 Å². The lowest BCUT2D eigenvalue weighted by molar-refractivity contribution is -0.107. The summed E-state index contributed by atoms with van der Waals surface area (Å²) in [6, 6.07) is 3.15. The first-order chi connectivity index (χ1) is 8.22. The monoisotopic (exact) mass is 237 g/mol. The van der Waals surface area contributed by atoms with E-state index < -0.39 is 0 Å². The van der Waals surface area contributed by atoms with Gasteiger partial charge >= 0.3 is 0 Å². The number of carbonyl (C=O) groups excluding carboxylic acids is 1. The van der Waals surface area contributed by atoms with E-state index in [1.54, 1.807) is 12.1 Å². The number of hydrogen-bond donors (Lipinski definition) is 2. The third kappa shape index (κ3) is 2.50. The molecule has 1 aromatic rings. The first-order valence-corrected chi connectivity index (χ1v) is 5.53. The van der Waals surface area contributed by atoms with Gasteiger partial charge in [-0.2, -0.15) is 0 Å². The number of hydrogen-bond acceptors (Lipinski definition) is 5. The Kier molecular flexibility index (Phi) is 3.49. The average molecular weight is 237 g/mol. The van der Waals surface area contributed by atoms with E-state index in [4.69, 9.17) is 4.74 Å². The number of phenols is 2. The van der Waals surface area contributed by atoms with Gasteiger partial charge in [-0.25, -0.2) is 0 Å². The van der Waals surface area contributed by atoms with Gasteiger partial charge in [0.05, 0.1) is 13.2 Å². The van der Waals surface area contributed by atoms with Crippen molar-refractivity contribution in [3.63, 3.8) is 0 Å². The molecular formula is C12H15NO4. The molecule has 2 N–H and O–H groups in total. The Balaban J connectivity index is 2.27. The Morgan fingerprint density at radius 2 is 1.82 bits per heavy atom. The molecule has 92 valence electrons. The van der Waals surface area contributed by atoms with E-state index in [2.05, 4.69) is 0 Å². The number of aromatic hydroxyl groups is 2. The maximum absolute atomic E-state index is 10.4. The molecule has 0 atom stereocenters. The molecule has 0 aromatic heterocycles. The van der Waals surface area contributed by atoms with Gasteiger partial charge < -0.3 is 24.6 Å². The number of morpholine rings is 1. The van der Waals surface area contributed by atoms with Crippen LogP contribution in [0.1, 0.15) is 5.56 Å². The zero-order valence-corrected chi connectivity index (χ0v) is 9.43. The Morgan fingerprint density at radius 3 is 2.35 bits per heavy atom. The quantitative estimate of drug-likeness (QED) is 0.756. The van der Waals surface area contributed by atoms with Gasteiger partial charge in [-0.1, -0.05) is 0 Å². The van der Waals surface area contributed by atoms with E-state index in [1.165, 1.54) is 0 Å². The van der Waals surface area contributed by atoms with Crippen LogP contribution in [0.5, 0.6) is 11.5 Å². The van der Waals surface area contributed by atoms with Crippen molar-refractivity contribution in [3.8, 4) is 11.5 Å². The molecule has 5 nitrogen and oxygen atoms in total. The molecular weight excluding hydrogens is 222 g/mol. The number of ether oxygens (including phenoxy) is 1. The minimum absolute atomic E-state index is 0.0149. The van der Waals surface area contributed by atoms with Gasteiger partial charge in [0.1, 0.15) is 17.8 Å². The molecule has 1 aliphatic rings. The van der Waals surface area contributed by atoms with Crippen LogP contribution in [0.15, 0.2) is 12.1 Å². The summed E-state index contributed by atoms with van der Waals surface area (Å²) in [7, 11) is 0. The minimum Gasteiger partial charge on any atom is -0.507 e.